The molecule has 1 aromatic carbocycles. The van der Waals surface area contributed by atoms with E-state index in [-0.39, 0.29) is 5.73 Å². The monoisotopic (exact) mass is 298 g/mol. The van der Waals surface area contributed by atoms with Gasteiger partial charge in [-0.3, -0.25) is 0 Å². The standard InChI is InChI=1S/C15H26O4Si/c1-5-16-15(14-12-10-9-11-13-14)20(17-6-2,18-7-3)19-8-4/h9-13,15H,5-8H2,1-4H3. The Balaban J connectivity index is 3.14. The van der Waals surface area contributed by atoms with Crippen LogP contribution in [0.3, 0.4) is 0 Å². The van der Waals surface area contributed by atoms with Crippen LogP contribution in [0.5, 0.6) is 0 Å². The average molecular weight is 298 g/mol. The molecular formula is C15H26O4Si. The Hall–Kier alpha value is -0.723. The van der Waals surface area contributed by atoms with E-state index in [0.29, 0.717) is 26.4 Å². The lowest BCUT2D eigenvalue weighted by Crippen LogP contribution is -2.53. The zero-order valence-corrected chi connectivity index (χ0v) is 13.9. The quantitative estimate of drug-likeness (QED) is 0.621. The molecule has 1 unspecified atom stereocenters. The first kappa shape index (κ1) is 17.3. The molecule has 4 nitrogen and oxygen atoms in total. The number of benzene rings is 1. The molecule has 20 heavy (non-hydrogen) atoms. The van der Waals surface area contributed by atoms with Gasteiger partial charge < -0.3 is 18.0 Å². The zero-order valence-electron chi connectivity index (χ0n) is 12.9. The lowest BCUT2D eigenvalue weighted by atomic mass is 10.2. The summed E-state index contributed by atoms with van der Waals surface area (Å²) in [5, 5.41) is 0. The summed E-state index contributed by atoms with van der Waals surface area (Å²) in [4.78, 5) is 0. The van der Waals surface area contributed by atoms with E-state index in [1.54, 1.807) is 0 Å². The minimum atomic E-state index is -2.91. The van der Waals surface area contributed by atoms with E-state index in [1.165, 1.54) is 0 Å². The molecule has 0 N–H and O–H groups in total. The van der Waals surface area contributed by atoms with Crippen molar-refractivity contribution in [2.24, 2.45) is 0 Å². The van der Waals surface area contributed by atoms with Gasteiger partial charge in [0.05, 0.1) is 0 Å². The molecule has 0 saturated carbocycles. The van der Waals surface area contributed by atoms with Gasteiger partial charge >= 0.3 is 8.80 Å². The second kappa shape index (κ2) is 9.26. The van der Waals surface area contributed by atoms with Crippen molar-refractivity contribution in [2.75, 3.05) is 26.4 Å². The summed E-state index contributed by atoms with van der Waals surface area (Å²) in [6.07, 6.45) is 0. The molecule has 0 aromatic heterocycles. The van der Waals surface area contributed by atoms with Crippen LogP contribution < -0.4 is 0 Å². The minimum Gasteiger partial charge on any atom is -0.372 e. The fourth-order valence-corrected chi connectivity index (χ4v) is 5.04. The maximum atomic E-state index is 5.95. The van der Waals surface area contributed by atoms with Crippen molar-refractivity contribution >= 4 is 8.80 Å². The van der Waals surface area contributed by atoms with Gasteiger partial charge in [0.1, 0.15) is 0 Å². The van der Waals surface area contributed by atoms with E-state index in [4.69, 9.17) is 18.0 Å². The third-order valence-electron chi connectivity index (χ3n) is 2.79. The highest BCUT2D eigenvalue weighted by atomic mass is 28.4. The van der Waals surface area contributed by atoms with Crippen LogP contribution in [0.15, 0.2) is 30.3 Å². The SMILES string of the molecule is CCOC(c1ccccc1)[Si](OCC)(OCC)OCC. The minimum absolute atomic E-state index is 0.284. The van der Waals surface area contributed by atoms with Crippen molar-refractivity contribution in [3.8, 4) is 0 Å². The highest BCUT2D eigenvalue weighted by molar-refractivity contribution is 6.62. The van der Waals surface area contributed by atoms with Gasteiger partial charge in [-0.1, -0.05) is 30.3 Å². The zero-order chi connectivity index (χ0) is 14.8. The molecule has 0 amide bonds. The lowest BCUT2D eigenvalue weighted by molar-refractivity contribution is -0.00759. The second-order valence-electron chi connectivity index (χ2n) is 4.15. The molecule has 0 heterocycles. The molecule has 0 fully saturated rings. The molecule has 0 aliphatic heterocycles. The van der Waals surface area contributed by atoms with E-state index in [0.717, 1.165) is 5.56 Å². The molecule has 0 aliphatic carbocycles. The lowest BCUT2D eigenvalue weighted by Gasteiger charge is -2.35. The third-order valence-corrected chi connectivity index (χ3v) is 6.01. The third kappa shape index (κ3) is 4.39. The molecule has 0 radical (unpaired) electrons. The van der Waals surface area contributed by atoms with Gasteiger partial charge in [-0.15, -0.1) is 0 Å². The normalized spacial score (nSPS) is 13.4. The van der Waals surface area contributed by atoms with Crippen LogP contribution in [0.1, 0.15) is 39.0 Å². The first-order valence-electron chi connectivity index (χ1n) is 7.32. The van der Waals surface area contributed by atoms with Gasteiger partial charge in [-0.05, 0) is 33.3 Å². The molecule has 1 atom stereocenters. The van der Waals surface area contributed by atoms with Crippen molar-refractivity contribution in [1.82, 2.24) is 0 Å². The van der Waals surface area contributed by atoms with Crippen LogP contribution in [-0.4, -0.2) is 35.2 Å². The van der Waals surface area contributed by atoms with Crippen molar-refractivity contribution in [1.29, 1.82) is 0 Å². The Morgan fingerprint density at radius 2 is 1.30 bits per heavy atom. The molecule has 114 valence electrons. The van der Waals surface area contributed by atoms with Crippen LogP contribution in [0.4, 0.5) is 0 Å². The topological polar surface area (TPSA) is 36.9 Å². The van der Waals surface area contributed by atoms with Crippen LogP contribution in [0.25, 0.3) is 0 Å². The van der Waals surface area contributed by atoms with Crippen LogP contribution in [0.2, 0.25) is 0 Å². The van der Waals surface area contributed by atoms with E-state index >= 15 is 0 Å². The summed E-state index contributed by atoms with van der Waals surface area (Å²) < 4.78 is 23.8. The molecule has 0 saturated heterocycles. The predicted octanol–water partition coefficient (Wildman–Crippen LogP) is 3.35. The summed E-state index contributed by atoms with van der Waals surface area (Å²) in [6.45, 7) is 10.0. The molecule has 1 rings (SSSR count). The van der Waals surface area contributed by atoms with E-state index in [9.17, 15) is 0 Å². The molecule has 5 heteroatoms. The molecular weight excluding hydrogens is 272 g/mol. The molecule has 0 spiro atoms. The second-order valence-corrected chi connectivity index (χ2v) is 6.75. The number of ether oxygens (including phenoxy) is 1. The van der Waals surface area contributed by atoms with Gasteiger partial charge in [0, 0.05) is 26.4 Å². The summed E-state index contributed by atoms with van der Waals surface area (Å²) >= 11 is 0. The first-order chi connectivity index (χ1) is 9.74. The van der Waals surface area contributed by atoms with Crippen molar-refractivity contribution in [3.05, 3.63) is 35.9 Å². The van der Waals surface area contributed by atoms with Crippen molar-refractivity contribution < 1.29 is 18.0 Å². The molecule has 1 aromatic rings. The largest absolute Gasteiger partial charge is 0.536 e. The highest BCUT2D eigenvalue weighted by Gasteiger charge is 2.51. The number of rotatable bonds is 10. The number of hydrogen-bond donors (Lipinski definition) is 0. The highest BCUT2D eigenvalue weighted by Crippen LogP contribution is 2.31. The first-order valence-corrected chi connectivity index (χ1v) is 9.12. The molecule has 0 bridgehead atoms. The Labute approximate surface area is 123 Å². The van der Waals surface area contributed by atoms with Crippen LogP contribution in [-0.2, 0) is 18.0 Å². The summed E-state index contributed by atoms with van der Waals surface area (Å²) in [7, 11) is -2.91. The molecule has 0 aliphatic rings. The Bertz CT molecular complexity index is 341. The van der Waals surface area contributed by atoms with Gasteiger partial charge in [0.2, 0.25) is 0 Å². The maximum absolute atomic E-state index is 5.95. The van der Waals surface area contributed by atoms with Crippen LogP contribution >= 0.6 is 0 Å². The fourth-order valence-electron chi connectivity index (χ4n) is 2.15. The summed E-state index contributed by atoms with van der Waals surface area (Å²) in [5.41, 5.74) is 0.755. The van der Waals surface area contributed by atoms with Crippen molar-refractivity contribution in [2.45, 2.75) is 33.4 Å². The smallest absolute Gasteiger partial charge is 0.372 e. The Morgan fingerprint density at radius 1 is 0.800 bits per heavy atom. The number of hydrogen-bond acceptors (Lipinski definition) is 4. The predicted molar refractivity (Wildman–Crippen MR) is 81.4 cm³/mol. The van der Waals surface area contributed by atoms with Gasteiger partial charge in [0.25, 0.3) is 0 Å². The van der Waals surface area contributed by atoms with E-state index in [2.05, 4.69) is 0 Å². The Kier molecular flexibility index (Phi) is 8.02. The van der Waals surface area contributed by atoms with Gasteiger partial charge in [0.15, 0.2) is 5.73 Å². The van der Waals surface area contributed by atoms with Crippen LogP contribution in [0, 0.1) is 0 Å². The summed E-state index contributed by atoms with van der Waals surface area (Å²) in [6, 6.07) is 10.0. The van der Waals surface area contributed by atoms with E-state index in [1.807, 2.05) is 58.0 Å². The van der Waals surface area contributed by atoms with Gasteiger partial charge in [-0.25, -0.2) is 0 Å². The van der Waals surface area contributed by atoms with E-state index < -0.39 is 8.80 Å². The van der Waals surface area contributed by atoms with Crippen molar-refractivity contribution in [3.63, 3.8) is 0 Å². The Morgan fingerprint density at radius 3 is 1.70 bits per heavy atom. The van der Waals surface area contributed by atoms with Gasteiger partial charge in [-0.2, -0.15) is 0 Å². The maximum Gasteiger partial charge on any atom is 0.536 e. The average Bonchev–Trinajstić information content (AvgIpc) is 2.46. The summed E-state index contributed by atoms with van der Waals surface area (Å²) in [5.74, 6) is 0. The fraction of sp³-hybridized carbons (Fsp3) is 0.600.